The monoisotopic (exact) mass is 346 g/mol. The number of benzene rings is 2. The normalized spacial score (nSPS) is 12.5. The molecule has 100 valence electrons. The standard InChI is InChI=1S/C14H10BrClF2O/c15-11-7-9(17)5-4-8(11)6-13(19)10-2-1-3-12(16)14(10)18/h1-5,7,13,19H,6H2. The molecule has 0 bridgehead atoms. The van der Waals surface area contributed by atoms with E-state index in [9.17, 15) is 13.9 Å². The summed E-state index contributed by atoms with van der Waals surface area (Å²) in [4.78, 5) is 0. The maximum absolute atomic E-state index is 13.8. The van der Waals surface area contributed by atoms with Crippen LogP contribution in [0.1, 0.15) is 17.2 Å². The van der Waals surface area contributed by atoms with Gasteiger partial charge in [-0.2, -0.15) is 0 Å². The van der Waals surface area contributed by atoms with Crippen LogP contribution in [0.3, 0.4) is 0 Å². The molecule has 0 spiro atoms. The molecular formula is C14H10BrClF2O. The van der Waals surface area contributed by atoms with Crippen LogP contribution in [0.4, 0.5) is 8.78 Å². The fourth-order valence-electron chi connectivity index (χ4n) is 1.78. The van der Waals surface area contributed by atoms with Crippen molar-refractivity contribution >= 4 is 27.5 Å². The summed E-state index contributed by atoms with van der Waals surface area (Å²) < 4.78 is 27.2. The Hall–Kier alpha value is -0.970. The van der Waals surface area contributed by atoms with E-state index in [1.807, 2.05) is 0 Å². The Labute approximate surface area is 123 Å². The highest BCUT2D eigenvalue weighted by atomic mass is 79.9. The Kier molecular flexibility index (Phi) is 4.55. The quantitative estimate of drug-likeness (QED) is 0.856. The molecule has 0 saturated heterocycles. The van der Waals surface area contributed by atoms with Crippen molar-refractivity contribution in [3.63, 3.8) is 0 Å². The van der Waals surface area contributed by atoms with Gasteiger partial charge < -0.3 is 5.11 Å². The van der Waals surface area contributed by atoms with Crippen LogP contribution in [0.15, 0.2) is 40.9 Å². The minimum Gasteiger partial charge on any atom is -0.388 e. The number of hydrogen-bond donors (Lipinski definition) is 1. The molecule has 2 aromatic carbocycles. The highest BCUT2D eigenvalue weighted by molar-refractivity contribution is 9.10. The van der Waals surface area contributed by atoms with Gasteiger partial charge in [0, 0.05) is 16.5 Å². The van der Waals surface area contributed by atoms with E-state index in [-0.39, 0.29) is 22.8 Å². The van der Waals surface area contributed by atoms with Gasteiger partial charge in [-0.15, -0.1) is 0 Å². The molecule has 19 heavy (non-hydrogen) atoms. The summed E-state index contributed by atoms with van der Waals surface area (Å²) in [6, 6.07) is 8.61. The molecule has 0 aliphatic carbocycles. The Morgan fingerprint density at radius 2 is 1.95 bits per heavy atom. The second-order valence-corrected chi connectivity index (χ2v) is 5.36. The zero-order chi connectivity index (χ0) is 14.0. The van der Waals surface area contributed by atoms with Gasteiger partial charge in [0.15, 0.2) is 0 Å². The molecule has 0 saturated carbocycles. The lowest BCUT2D eigenvalue weighted by molar-refractivity contribution is 0.173. The first-order valence-corrected chi connectivity index (χ1v) is 6.72. The molecule has 0 radical (unpaired) electrons. The van der Waals surface area contributed by atoms with Gasteiger partial charge in [-0.25, -0.2) is 8.78 Å². The zero-order valence-corrected chi connectivity index (χ0v) is 12.0. The van der Waals surface area contributed by atoms with Crippen LogP contribution >= 0.6 is 27.5 Å². The van der Waals surface area contributed by atoms with Crippen molar-refractivity contribution in [3.05, 3.63) is 68.7 Å². The van der Waals surface area contributed by atoms with E-state index >= 15 is 0 Å². The van der Waals surface area contributed by atoms with Crippen molar-refractivity contribution in [2.75, 3.05) is 0 Å². The molecule has 0 aliphatic rings. The van der Waals surface area contributed by atoms with E-state index in [2.05, 4.69) is 15.9 Å². The molecule has 0 fully saturated rings. The minimum atomic E-state index is -1.04. The first-order valence-electron chi connectivity index (χ1n) is 5.55. The first-order chi connectivity index (χ1) is 8.99. The van der Waals surface area contributed by atoms with Gasteiger partial charge in [-0.05, 0) is 23.8 Å². The van der Waals surface area contributed by atoms with Crippen LogP contribution in [-0.2, 0) is 6.42 Å². The van der Waals surface area contributed by atoms with E-state index in [1.165, 1.54) is 24.3 Å². The lowest BCUT2D eigenvalue weighted by atomic mass is 10.0. The van der Waals surface area contributed by atoms with Crippen molar-refractivity contribution in [1.82, 2.24) is 0 Å². The van der Waals surface area contributed by atoms with Crippen molar-refractivity contribution in [2.24, 2.45) is 0 Å². The fraction of sp³-hybridized carbons (Fsp3) is 0.143. The van der Waals surface area contributed by atoms with Gasteiger partial charge >= 0.3 is 0 Å². The Morgan fingerprint density at radius 3 is 2.63 bits per heavy atom. The van der Waals surface area contributed by atoms with Gasteiger partial charge in [0.05, 0.1) is 11.1 Å². The summed E-state index contributed by atoms with van der Waals surface area (Å²) in [6.45, 7) is 0. The molecule has 1 atom stereocenters. The van der Waals surface area contributed by atoms with Gasteiger partial charge in [-0.3, -0.25) is 0 Å². The van der Waals surface area contributed by atoms with E-state index in [0.29, 0.717) is 10.0 Å². The molecular weight excluding hydrogens is 338 g/mol. The summed E-state index contributed by atoms with van der Waals surface area (Å²) in [5.74, 6) is -1.01. The third kappa shape index (κ3) is 3.32. The van der Waals surface area contributed by atoms with E-state index < -0.39 is 11.9 Å². The summed E-state index contributed by atoms with van der Waals surface area (Å²) in [6.07, 6.45) is -0.876. The number of aliphatic hydroxyl groups is 1. The second kappa shape index (κ2) is 5.99. The number of aliphatic hydroxyl groups excluding tert-OH is 1. The molecule has 1 nitrogen and oxygen atoms in total. The summed E-state index contributed by atoms with van der Waals surface area (Å²) in [5, 5.41) is 10.0. The zero-order valence-electron chi connectivity index (χ0n) is 9.71. The molecule has 2 aromatic rings. The van der Waals surface area contributed by atoms with E-state index in [4.69, 9.17) is 11.6 Å². The topological polar surface area (TPSA) is 20.2 Å². The minimum absolute atomic E-state index is 0.0327. The van der Waals surface area contributed by atoms with Gasteiger partial charge in [0.2, 0.25) is 0 Å². The van der Waals surface area contributed by atoms with Crippen molar-refractivity contribution < 1.29 is 13.9 Å². The summed E-state index contributed by atoms with van der Waals surface area (Å²) in [7, 11) is 0. The van der Waals surface area contributed by atoms with Crippen LogP contribution in [0.5, 0.6) is 0 Å². The second-order valence-electron chi connectivity index (χ2n) is 4.10. The van der Waals surface area contributed by atoms with Crippen LogP contribution in [0.2, 0.25) is 5.02 Å². The average molecular weight is 348 g/mol. The molecule has 0 aromatic heterocycles. The highest BCUT2D eigenvalue weighted by Gasteiger charge is 2.16. The van der Waals surface area contributed by atoms with Gasteiger partial charge in [0.25, 0.3) is 0 Å². The maximum atomic E-state index is 13.8. The van der Waals surface area contributed by atoms with Crippen molar-refractivity contribution in [1.29, 1.82) is 0 Å². The Bertz CT molecular complexity index is 604. The van der Waals surface area contributed by atoms with E-state index in [1.54, 1.807) is 12.1 Å². The van der Waals surface area contributed by atoms with Crippen LogP contribution in [0, 0.1) is 11.6 Å². The van der Waals surface area contributed by atoms with Gasteiger partial charge in [-0.1, -0.05) is 45.7 Å². The van der Waals surface area contributed by atoms with Crippen molar-refractivity contribution in [2.45, 2.75) is 12.5 Å². The van der Waals surface area contributed by atoms with E-state index in [0.717, 1.165) is 0 Å². The largest absolute Gasteiger partial charge is 0.388 e. The number of halogens is 4. The molecule has 1 N–H and O–H groups in total. The maximum Gasteiger partial charge on any atom is 0.147 e. The smallest absolute Gasteiger partial charge is 0.147 e. The summed E-state index contributed by atoms with van der Waals surface area (Å²) in [5.41, 5.74) is 0.817. The predicted molar refractivity (Wildman–Crippen MR) is 74.2 cm³/mol. The average Bonchev–Trinajstić information content (AvgIpc) is 2.36. The van der Waals surface area contributed by atoms with Crippen LogP contribution < -0.4 is 0 Å². The molecule has 0 amide bonds. The fourth-order valence-corrected chi connectivity index (χ4v) is 2.48. The molecule has 0 heterocycles. The van der Waals surface area contributed by atoms with Crippen LogP contribution in [0.25, 0.3) is 0 Å². The third-order valence-electron chi connectivity index (χ3n) is 2.77. The molecule has 2 rings (SSSR count). The number of rotatable bonds is 3. The Morgan fingerprint density at radius 1 is 1.21 bits per heavy atom. The molecule has 1 unspecified atom stereocenters. The predicted octanol–water partition coefficient (Wildman–Crippen LogP) is 4.66. The number of hydrogen-bond acceptors (Lipinski definition) is 1. The third-order valence-corrected chi connectivity index (χ3v) is 3.80. The lowest BCUT2D eigenvalue weighted by Gasteiger charge is -2.13. The van der Waals surface area contributed by atoms with Gasteiger partial charge in [0.1, 0.15) is 11.6 Å². The molecule has 5 heteroatoms. The first kappa shape index (κ1) is 14.4. The lowest BCUT2D eigenvalue weighted by Crippen LogP contribution is -2.05. The Balaban J connectivity index is 2.25. The molecule has 0 aliphatic heterocycles. The highest BCUT2D eigenvalue weighted by Crippen LogP contribution is 2.28. The summed E-state index contributed by atoms with van der Waals surface area (Å²) >= 11 is 8.88. The van der Waals surface area contributed by atoms with Crippen molar-refractivity contribution in [3.8, 4) is 0 Å². The van der Waals surface area contributed by atoms with Crippen LogP contribution in [-0.4, -0.2) is 5.11 Å². The SMILES string of the molecule is OC(Cc1ccc(F)cc1Br)c1cccc(Cl)c1F.